The predicted octanol–water partition coefficient (Wildman–Crippen LogP) is 0.132. The maximum atomic E-state index is 12.6. The molecule has 2 saturated heterocycles. The Kier molecular flexibility index (Phi) is 9.21. The molecule has 2 fully saturated rings. The summed E-state index contributed by atoms with van der Waals surface area (Å²) in [6, 6.07) is 6.25. The second-order valence-electron chi connectivity index (χ2n) is 8.21. The molecule has 0 unspecified atom stereocenters. The Morgan fingerprint density at radius 3 is 2.06 bits per heavy atom. The Morgan fingerprint density at radius 2 is 1.48 bits per heavy atom. The monoisotopic (exact) mass is 481 g/mol. The number of benzene rings is 1. The number of hydrogen-bond donors (Lipinski definition) is 1. The second-order valence-corrected chi connectivity index (χ2v) is 10.1. The van der Waals surface area contributed by atoms with E-state index in [4.69, 9.17) is 4.74 Å². The lowest BCUT2D eigenvalue weighted by Gasteiger charge is -2.36. The Morgan fingerprint density at radius 1 is 0.909 bits per heavy atom. The molecule has 0 aliphatic carbocycles. The third-order valence-electron chi connectivity index (χ3n) is 6.04. The maximum absolute atomic E-state index is 12.6. The number of carbonyl (C=O) groups is 2. The first kappa shape index (κ1) is 25.6. The summed E-state index contributed by atoms with van der Waals surface area (Å²) in [6.07, 6.45) is 0. The number of nitrogens with zero attached hydrogens (tertiary/aromatic N) is 4. The molecule has 0 atom stereocenters. The maximum Gasteiger partial charge on any atom is 0.243 e. The average molecular weight is 482 g/mol. The van der Waals surface area contributed by atoms with Crippen molar-refractivity contribution in [2.45, 2.75) is 18.7 Å². The molecule has 184 valence electrons. The highest BCUT2D eigenvalue weighted by Crippen LogP contribution is 2.18. The van der Waals surface area contributed by atoms with Crippen molar-refractivity contribution in [2.75, 3.05) is 84.0 Å². The number of carbonyl (C=O) groups excluding carboxylic acids is 2. The molecule has 0 bridgehead atoms. The number of rotatable bonds is 9. The molecular formula is C22H35N5O5S. The molecule has 2 aliphatic rings. The number of piperazine rings is 1. The van der Waals surface area contributed by atoms with Crippen molar-refractivity contribution in [3.05, 3.63) is 24.3 Å². The van der Waals surface area contributed by atoms with Gasteiger partial charge in [0.05, 0.1) is 31.2 Å². The van der Waals surface area contributed by atoms with Crippen LogP contribution < -0.4 is 5.32 Å². The van der Waals surface area contributed by atoms with Gasteiger partial charge in [-0.05, 0) is 24.3 Å². The fourth-order valence-corrected chi connectivity index (χ4v) is 5.49. The van der Waals surface area contributed by atoms with Crippen molar-refractivity contribution in [1.29, 1.82) is 0 Å². The summed E-state index contributed by atoms with van der Waals surface area (Å²) >= 11 is 0. The van der Waals surface area contributed by atoms with Crippen LogP contribution in [0.4, 0.5) is 5.69 Å². The molecule has 3 rings (SSSR count). The van der Waals surface area contributed by atoms with Crippen LogP contribution in [0.2, 0.25) is 0 Å². The van der Waals surface area contributed by atoms with Crippen molar-refractivity contribution in [2.24, 2.45) is 0 Å². The van der Waals surface area contributed by atoms with Crippen LogP contribution in [-0.4, -0.2) is 118 Å². The van der Waals surface area contributed by atoms with Crippen LogP contribution in [0.1, 0.15) is 13.8 Å². The van der Waals surface area contributed by atoms with Crippen LogP contribution in [-0.2, 0) is 24.3 Å². The van der Waals surface area contributed by atoms with Gasteiger partial charge >= 0.3 is 0 Å². The number of nitrogens with one attached hydrogen (secondary N) is 1. The Labute approximate surface area is 196 Å². The molecule has 11 heteroatoms. The average Bonchev–Trinajstić information content (AvgIpc) is 2.81. The van der Waals surface area contributed by atoms with E-state index in [1.165, 1.54) is 16.4 Å². The number of amides is 2. The Bertz CT molecular complexity index is 890. The van der Waals surface area contributed by atoms with Crippen LogP contribution in [0.15, 0.2) is 29.2 Å². The van der Waals surface area contributed by atoms with Crippen molar-refractivity contribution >= 4 is 27.5 Å². The van der Waals surface area contributed by atoms with E-state index in [9.17, 15) is 18.0 Å². The fourth-order valence-electron chi connectivity index (χ4n) is 4.03. The molecule has 33 heavy (non-hydrogen) atoms. The summed E-state index contributed by atoms with van der Waals surface area (Å²) in [5.74, 6) is -0.0387. The van der Waals surface area contributed by atoms with Crippen molar-refractivity contribution in [1.82, 2.24) is 19.0 Å². The van der Waals surface area contributed by atoms with Crippen LogP contribution in [0.3, 0.4) is 0 Å². The molecular weight excluding hydrogens is 446 g/mol. The molecule has 0 spiro atoms. The summed E-state index contributed by atoms with van der Waals surface area (Å²) < 4.78 is 31.9. The van der Waals surface area contributed by atoms with Gasteiger partial charge in [0.1, 0.15) is 0 Å². The highest BCUT2D eigenvalue weighted by atomic mass is 32.2. The Hall–Kier alpha value is -2.05. The lowest BCUT2D eigenvalue weighted by atomic mass is 10.2. The van der Waals surface area contributed by atoms with Crippen molar-refractivity contribution < 1.29 is 22.7 Å². The number of sulfonamides is 1. The van der Waals surface area contributed by atoms with E-state index in [0.717, 1.165) is 13.1 Å². The van der Waals surface area contributed by atoms with Gasteiger partial charge in [-0.25, -0.2) is 8.42 Å². The van der Waals surface area contributed by atoms with Gasteiger partial charge in [-0.1, -0.05) is 13.8 Å². The van der Waals surface area contributed by atoms with E-state index in [-0.39, 0.29) is 23.3 Å². The smallest absolute Gasteiger partial charge is 0.243 e. The topological polar surface area (TPSA) is 102 Å². The van der Waals surface area contributed by atoms with Gasteiger partial charge in [0.2, 0.25) is 21.8 Å². The zero-order chi connectivity index (χ0) is 23.8. The quantitative estimate of drug-likeness (QED) is 0.535. The van der Waals surface area contributed by atoms with Crippen LogP contribution in [0.5, 0.6) is 0 Å². The number of ether oxygens (including phenoxy) is 1. The van der Waals surface area contributed by atoms with Crippen molar-refractivity contribution in [3.8, 4) is 0 Å². The third kappa shape index (κ3) is 6.97. The summed E-state index contributed by atoms with van der Waals surface area (Å²) in [6.45, 7) is 10.5. The van der Waals surface area contributed by atoms with Gasteiger partial charge < -0.3 is 15.0 Å². The lowest BCUT2D eigenvalue weighted by molar-refractivity contribution is -0.135. The van der Waals surface area contributed by atoms with Gasteiger partial charge in [-0.2, -0.15) is 4.31 Å². The largest absolute Gasteiger partial charge is 0.379 e. The summed E-state index contributed by atoms with van der Waals surface area (Å²) in [4.78, 5) is 31.2. The zero-order valence-electron chi connectivity index (χ0n) is 19.5. The third-order valence-corrected chi connectivity index (χ3v) is 8.10. The van der Waals surface area contributed by atoms with E-state index in [0.29, 0.717) is 64.7 Å². The first-order chi connectivity index (χ1) is 15.8. The van der Waals surface area contributed by atoms with E-state index in [1.807, 2.05) is 9.80 Å². The Balaban J connectivity index is 1.43. The number of morpholine rings is 1. The minimum absolute atomic E-state index is 0.126. The summed E-state index contributed by atoms with van der Waals surface area (Å²) in [5, 5.41) is 2.83. The molecule has 10 nitrogen and oxygen atoms in total. The molecule has 1 N–H and O–H groups in total. The van der Waals surface area contributed by atoms with E-state index >= 15 is 0 Å². The van der Waals surface area contributed by atoms with Gasteiger partial charge in [0.25, 0.3) is 0 Å². The minimum Gasteiger partial charge on any atom is -0.379 e. The van der Waals surface area contributed by atoms with Crippen LogP contribution in [0.25, 0.3) is 0 Å². The van der Waals surface area contributed by atoms with E-state index < -0.39 is 10.0 Å². The minimum atomic E-state index is -3.52. The molecule has 0 saturated carbocycles. The summed E-state index contributed by atoms with van der Waals surface area (Å²) in [5.41, 5.74) is 0.554. The fraction of sp³-hybridized carbons (Fsp3) is 0.636. The van der Waals surface area contributed by atoms with Gasteiger partial charge in [-0.3, -0.25) is 19.4 Å². The molecule has 0 radical (unpaired) electrons. The predicted molar refractivity (Wildman–Crippen MR) is 125 cm³/mol. The van der Waals surface area contributed by atoms with Gasteiger partial charge in [0, 0.05) is 58.0 Å². The highest BCUT2D eigenvalue weighted by molar-refractivity contribution is 7.89. The summed E-state index contributed by atoms with van der Waals surface area (Å²) in [7, 11) is -3.52. The van der Waals surface area contributed by atoms with Gasteiger partial charge in [0.15, 0.2) is 0 Å². The standard InChI is InChI=1S/C22H35N5O5S/c1-3-27(4-2)33(30,31)20-7-5-19(6-8-20)23-21(28)17-24-9-11-26(12-10-24)22(29)18-25-13-15-32-16-14-25/h5-8H,3-4,9-18H2,1-2H3,(H,23,28). The van der Waals surface area contributed by atoms with Crippen LogP contribution in [0, 0.1) is 0 Å². The molecule has 0 aromatic heterocycles. The van der Waals surface area contributed by atoms with Gasteiger partial charge in [-0.15, -0.1) is 0 Å². The highest BCUT2D eigenvalue weighted by Gasteiger charge is 2.25. The first-order valence-corrected chi connectivity index (χ1v) is 13.0. The SMILES string of the molecule is CCN(CC)S(=O)(=O)c1ccc(NC(=O)CN2CCN(C(=O)CN3CCOCC3)CC2)cc1. The van der Waals surface area contributed by atoms with Crippen molar-refractivity contribution in [3.63, 3.8) is 0 Å². The second kappa shape index (κ2) is 11.9. The molecule has 2 amide bonds. The normalized spacial score (nSPS) is 18.5. The molecule has 2 heterocycles. The number of anilines is 1. The molecule has 1 aromatic carbocycles. The van der Waals surface area contributed by atoms with E-state index in [2.05, 4.69) is 10.2 Å². The van der Waals surface area contributed by atoms with E-state index in [1.54, 1.807) is 26.0 Å². The lowest BCUT2D eigenvalue weighted by Crippen LogP contribution is -2.53. The first-order valence-electron chi connectivity index (χ1n) is 11.5. The zero-order valence-corrected chi connectivity index (χ0v) is 20.3. The number of hydrogen-bond acceptors (Lipinski definition) is 7. The molecule has 1 aromatic rings. The molecule has 2 aliphatic heterocycles. The van der Waals surface area contributed by atoms with Crippen LogP contribution >= 0.6 is 0 Å².